The van der Waals surface area contributed by atoms with Crippen LogP contribution in [0.2, 0.25) is 0 Å². The summed E-state index contributed by atoms with van der Waals surface area (Å²) in [4.78, 5) is 0. The predicted molar refractivity (Wildman–Crippen MR) is 76.2 cm³/mol. The molecule has 0 aromatic rings. The van der Waals surface area contributed by atoms with Gasteiger partial charge < -0.3 is 4.70 Å². The molecule has 8 heteroatoms. The van der Waals surface area contributed by atoms with Gasteiger partial charge in [0.1, 0.15) is 17.3 Å². The van der Waals surface area contributed by atoms with Crippen molar-refractivity contribution in [2.24, 2.45) is 0 Å². The Morgan fingerprint density at radius 1 is 0.647 bits per heavy atom. The van der Waals surface area contributed by atoms with Gasteiger partial charge in [-0.15, -0.1) is 0 Å². The van der Waals surface area contributed by atoms with E-state index >= 15 is 0 Å². The molecule has 112 valence electrons. The van der Waals surface area contributed by atoms with E-state index in [1.807, 2.05) is 18.2 Å². The smallest absolute Gasteiger partial charge is 0.126 e. The van der Waals surface area contributed by atoms with E-state index in [0.717, 1.165) is 17.3 Å². The second-order valence-electron chi connectivity index (χ2n) is 1.98. The third kappa shape index (κ3) is 39.0. The monoisotopic (exact) mass is 308 g/mol. The van der Waals surface area contributed by atoms with Crippen LogP contribution < -0.4 is 4.70 Å². The van der Waals surface area contributed by atoms with Gasteiger partial charge in [-0.25, -0.2) is 0 Å². The van der Waals surface area contributed by atoms with Crippen molar-refractivity contribution in [3.05, 3.63) is 38.0 Å². The number of halogens is 6. The van der Waals surface area contributed by atoms with Crippen molar-refractivity contribution in [1.29, 1.82) is 0 Å². The van der Waals surface area contributed by atoms with E-state index in [0.29, 0.717) is 10.9 Å². The minimum absolute atomic E-state index is 0. The molecule has 0 nitrogen and oxygen atoms in total. The highest BCUT2D eigenvalue weighted by Gasteiger charge is 2.09. The maximum Gasteiger partial charge on any atom is 0.126 e. The fourth-order valence-corrected chi connectivity index (χ4v) is 2.11. The lowest BCUT2D eigenvalue weighted by molar-refractivity contribution is -0.00000675. The molecule has 17 heavy (non-hydrogen) atoms. The molecule has 1 unspecified atom stereocenters. The van der Waals surface area contributed by atoms with Gasteiger partial charge in [0.15, 0.2) is 0 Å². The Morgan fingerprint density at radius 2 is 0.824 bits per heavy atom. The van der Waals surface area contributed by atoms with Crippen LogP contribution in [0.15, 0.2) is 38.0 Å². The van der Waals surface area contributed by atoms with E-state index in [-0.39, 0.29) is 38.1 Å². The summed E-state index contributed by atoms with van der Waals surface area (Å²) >= 11 is 0. The van der Waals surface area contributed by atoms with Crippen molar-refractivity contribution < 1.29 is 28.2 Å². The summed E-state index contributed by atoms with van der Waals surface area (Å²) in [6.45, 7) is 11.1. The Bertz CT molecular complexity index is 113. The van der Waals surface area contributed by atoms with Crippen molar-refractivity contribution in [2.45, 2.75) is 0 Å². The maximum absolute atomic E-state index is 3.70. The van der Waals surface area contributed by atoms with E-state index in [1.54, 1.807) is 0 Å². The molecule has 0 radical (unpaired) electrons. The summed E-state index contributed by atoms with van der Waals surface area (Å²) in [5.41, 5.74) is 0. The molecular weight excluding hydrogens is 285 g/mol. The highest BCUT2D eigenvalue weighted by molar-refractivity contribution is 7.97. The highest BCUT2D eigenvalue weighted by atomic mass is 32.2. The van der Waals surface area contributed by atoms with Crippen LogP contribution in [0.5, 0.6) is 0 Å². The molecule has 0 N–H and O–H groups in total. The third-order valence-electron chi connectivity index (χ3n) is 1.06. The molecular formula is C9H23F6PS. The Morgan fingerprint density at radius 3 is 0.941 bits per heavy atom. The fourth-order valence-electron chi connectivity index (χ4n) is 0.704. The van der Waals surface area contributed by atoms with Gasteiger partial charge in [0.2, 0.25) is 0 Å². The van der Waals surface area contributed by atoms with E-state index in [1.165, 1.54) is 0 Å². The lowest BCUT2D eigenvalue weighted by atomic mass is 10.7. The normalized spacial score (nSPS) is 5.47. The van der Waals surface area contributed by atoms with E-state index in [2.05, 4.69) is 19.7 Å². The van der Waals surface area contributed by atoms with Crippen molar-refractivity contribution >= 4 is 20.8 Å². The van der Waals surface area contributed by atoms with Gasteiger partial charge in [0.25, 0.3) is 0 Å². The number of hydrogen-bond donors (Lipinski definition) is 0. The van der Waals surface area contributed by atoms with Crippen molar-refractivity contribution in [3.63, 3.8) is 0 Å². The molecule has 0 spiro atoms. The molecule has 0 aromatic carbocycles. The van der Waals surface area contributed by atoms with Crippen molar-refractivity contribution in [2.75, 3.05) is 17.3 Å². The zero-order chi connectivity index (χ0) is 7.82. The van der Waals surface area contributed by atoms with E-state index in [4.69, 9.17) is 0 Å². The molecule has 0 fully saturated rings. The summed E-state index contributed by atoms with van der Waals surface area (Å²) in [5.74, 6) is 3.29. The number of hydrogen-bond acceptors (Lipinski definition) is 0. The highest BCUT2D eigenvalue weighted by Crippen LogP contribution is 1.97. The molecule has 0 aliphatic rings. The SMILES string of the molecule is C=CC[S+](CC=C)CC=C.F.F.F.F.F.P.[F-]. The Balaban J connectivity index is -0.0000000193. The maximum atomic E-state index is 3.70. The van der Waals surface area contributed by atoms with Crippen LogP contribution in [0.4, 0.5) is 23.5 Å². The first kappa shape index (κ1) is 54.7. The third-order valence-corrected chi connectivity index (χ3v) is 3.18. The van der Waals surface area contributed by atoms with E-state index < -0.39 is 0 Å². The van der Waals surface area contributed by atoms with Gasteiger partial charge in [-0.2, -0.15) is 9.90 Å². The van der Waals surface area contributed by atoms with E-state index in [9.17, 15) is 0 Å². The first-order valence-electron chi connectivity index (χ1n) is 3.32. The molecule has 0 saturated carbocycles. The Kier molecular flexibility index (Phi) is 145. The van der Waals surface area contributed by atoms with Crippen LogP contribution in [0, 0.1) is 0 Å². The second kappa shape index (κ2) is 45.0. The van der Waals surface area contributed by atoms with Crippen LogP contribution in [-0.4, -0.2) is 17.3 Å². The standard InChI is InChI=1S/C9H15S.6FH.H3P/c1-4-7-10(8-5-2)9-6-3;;;;;;;/h4-6H,1-3,7-9H2;6*1H;1H3/q+1;;;;;;;/p-1. The average Bonchev–Trinajstić information content (AvgIpc) is 1.90. The van der Waals surface area contributed by atoms with Gasteiger partial charge >= 0.3 is 0 Å². The Hall–Kier alpha value is -0.420. The van der Waals surface area contributed by atoms with Crippen molar-refractivity contribution in [3.8, 4) is 0 Å². The largest absolute Gasteiger partial charge is 1.00 e. The Labute approximate surface area is 105 Å². The summed E-state index contributed by atoms with van der Waals surface area (Å²) in [6, 6.07) is 0. The minimum Gasteiger partial charge on any atom is -1.00 e. The van der Waals surface area contributed by atoms with Crippen LogP contribution in [-0.2, 0) is 10.9 Å². The topological polar surface area (TPSA) is 0 Å². The zero-order valence-electron chi connectivity index (χ0n) is 9.51. The lowest BCUT2D eigenvalue weighted by Crippen LogP contribution is -3.00. The molecule has 0 saturated heterocycles. The van der Waals surface area contributed by atoms with Gasteiger partial charge in [-0.05, 0) is 29.1 Å². The molecule has 0 bridgehead atoms. The summed E-state index contributed by atoms with van der Waals surface area (Å²) < 4.78 is 0. The quantitative estimate of drug-likeness (QED) is 0.280. The minimum atomic E-state index is 0. The molecule has 0 amide bonds. The van der Waals surface area contributed by atoms with Gasteiger partial charge in [0, 0.05) is 0 Å². The number of rotatable bonds is 6. The summed E-state index contributed by atoms with van der Waals surface area (Å²) in [6.07, 6.45) is 5.91. The average molecular weight is 308 g/mol. The molecule has 1 atom stereocenters. The van der Waals surface area contributed by atoms with Crippen LogP contribution in [0.25, 0.3) is 0 Å². The molecule has 0 aliphatic carbocycles. The predicted octanol–water partition coefficient (Wildman–Crippen LogP) is -0.0127. The molecule has 0 rings (SSSR count). The molecule has 0 aromatic heterocycles. The summed E-state index contributed by atoms with van der Waals surface area (Å²) in [7, 11) is 0.421. The van der Waals surface area contributed by atoms with Crippen molar-refractivity contribution in [1.82, 2.24) is 0 Å². The first-order valence-corrected chi connectivity index (χ1v) is 5.05. The molecule has 0 heterocycles. The lowest BCUT2D eigenvalue weighted by Gasteiger charge is -1.98. The van der Waals surface area contributed by atoms with Crippen LogP contribution >= 0.6 is 9.90 Å². The van der Waals surface area contributed by atoms with Gasteiger partial charge in [-0.1, -0.05) is 19.7 Å². The fraction of sp³-hybridized carbons (Fsp3) is 0.333. The summed E-state index contributed by atoms with van der Waals surface area (Å²) in [5, 5.41) is 0. The van der Waals surface area contributed by atoms with Crippen LogP contribution in [0.1, 0.15) is 0 Å². The zero-order valence-corrected chi connectivity index (χ0v) is 11.7. The van der Waals surface area contributed by atoms with Gasteiger partial charge in [-0.3, -0.25) is 23.5 Å². The molecule has 0 aliphatic heterocycles. The first-order chi connectivity index (χ1) is 4.85. The van der Waals surface area contributed by atoms with Crippen LogP contribution in [0.3, 0.4) is 0 Å². The van der Waals surface area contributed by atoms with Gasteiger partial charge in [0.05, 0.1) is 0 Å². The second-order valence-corrected chi connectivity index (χ2v) is 4.20.